The van der Waals surface area contributed by atoms with Crippen molar-refractivity contribution in [2.75, 3.05) is 19.6 Å². The van der Waals surface area contributed by atoms with Gasteiger partial charge in [0.1, 0.15) is 5.75 Å². The van der Waals surface area contributed by atoms with E-state index in [0.29, 0.717) is 30.2 Å². The second kappa shape index (κ2) is 7.17. The Kier molecular flexibility index (Phi) is 5.54. The molecule has 1 aliphatic rings. The van der Waals surface area contributed by atoms with Crippen molar-refractivity contribution in [3.63, 3.8) is 0 Å². The minimum atomic E-state index is -2.87. The third-order valence-electron chi connectivity index (χ3n) is 3.26. The van der Waals surface area contributed by atoms with Gasteiger partial charge in [-0.15, -0.1) is 0 Å². The summed E-state index contributed by atoms with van der Waals surface area (Å²) in [7, 11) is 0. The Hall–Kier alpha value is -0.950. The zero-order valence-electron chi connectivity index (χ0n) is 10.8. The van der Waals surface area contributed by atoms with Crippen molar-refractivity contribution in [2.24, 2.45) is 5.92 Å². The topological polar surface area (TPSA) is 53.5 Å². The van der Waals surface area contributed by atoms with E-state index in [1.54, 1.807) is 6.07 Å². The summed E-state index contributed by atoms with van der Waals surface area (Å²) in [6.45, 7) is -0.593. The highest BCUT2D eigenvalue weighted by Gasteiger charge is 2.24. The van der Waals surface area contributed by atoms with Gasteiger partial charge in [0.2, 0.25) is 0 Å². The van der Waals surface area contributed by atoms with Crippen molar-refractivity contribution < 1.29 is 18.6 Å². The lowest BCUT2D eigenvalue weighted by molar-refractivity contribution is -0.0505. The average Bonchev–Trinajstić information content (AvgIpc) is 2.78. The molecule has 2 rings (SSSR count). The van der Waals surface area contributed by atoms with Gasteiger partial charge in [0.15, 0.2) is 0 Å². The summed E-state index contributed by atoms with van der Waals surface area (Å²) >= 11 is 5.86. The molecule has 1 aromatic carbocycles. The van der Waals surface area contributed by atoms with E-state index in [4.69, 9.17) is 11.6 Å². The first kappa shape index (κ1) is 15.4. The molecule has 1 aliphatic heterocycles. The maximum Gasteiger partial charge on any atom is 0.387 e. The molecule has 4 nitrogen and oxygen atoms in total. The fourth-order valence-corrected chi connectivity index (χ4v) is 2.41. The van der Waals surface area contributed by atoms with E-state index < -0.39 is 6.61 Å². The van der Waals surface area contributed by atoms with Crippen LogP contribution in [0.2, 0.25) is 5.02 Å². The van der Waals surface area contributed by atoms with Crippen LogP contribution in [-0.2, 0) is 6.54 Å². The molecule has 0 aliphatic carbocycles. The number of benzene rings is 1. The van der Waals surface area contributed by atoms with Crippen molar-refractivity contribution in [1.82, 2.24) is 10.6 Å². The first-order valence-electron chi connectivity index (χ1n) is 6.39. The number of rotatable bonds is 6. The van der Waals surface area contributed by atoms with Crippen molar-refractivity contribution >= 4 is 11.6 Å². The number of nitrogens with one attached hydrogen (secondary N) is 2. The Morgan fingerprint density at radius 2 is 2.25 bits per heavy atom. The van der Waals surface area contributed by atoms with Crippen molar-refractivity contribution in [3.8, 4) is 5.75 Å². The molecule has 1 aromatic rings. The summed E-state index contributed by atoms with van der Waals surface area (Å²) < 4.78 is 29.1. The van der Waals surface area contributed by atoms with Gasteiger partial charge in [-0.25, -0.2) is 0 Å². The van der Waals surface area contributed by atoms with Crippen molar-refractivity contribution in [2.45, 2.75) is 19.3 Å². The zero-order chi connectivity index (χ0) is 14.5. The Labute approximate surface area is 121 Å². The maximum absolute atomic E-state index is 12.3. The summed E-state index contributed by atoms with van der Waals surface area (Å²) in [6.07, 6.45) is -0.376. The Morgan fingerprint density at radius 3 is 2.90 bits per heavy atom. The van der Waals surface area contributed by atoms with Gasteiger partial charge < -0.3 is 20.5 Å². The highest BCUT2D eigenvalue weighted by Crippen LogP contribution is 2.24. The highest BCUT2D eigenvalue weighted by atomic mass is 35.5. The fraction of sp³-hybridized carbons (Fsp3) is 0.538. The summed E-state index contributed by atoms with van der Waals surface area (Å²) in [4.78, 5) is 0. The molecule has 0 amide bonds. The molecule has 0 aromatic heterocycles. The number of β-amino-alcohol motifs (C(OH)–C–C–N with tert-alkyl or cyclic N) is 1. The number of halogens is 3. The molecule has 2 atom stereocenters. The average molecular weight is 307 g/mol. The van der Waals surface area contributed by atoms with E-state index in [2.05, 4.69) is 15.4 Å². The van der Waals surface area contributed by atoms with Gasteiger partial charge in [-0.3, -0.25) is 0 Å². The Bertz CT molecular complexity index is 448. The molecule has 2 unspecified atom stereocenters. The minimum Gasteiger partial charge on any atom is -0.434 e. The van der Waals surface area contributed by atoms with Gasteiger partial charge in [0.05, 0.1) is 6.10 Å². The second-order valence-corrected chi connectivity index (χ2v) is 5.18. The van der Waals surface area contributed by atoms with E-state index in [-0.39, 0.29) is 17.8 Å². The minimum absolute atomic E-state index is 0.113. The molecule has 1 heterocycles. The monoisotopic (exact) mass is 306 g/mol. The van der Waals surface area contributed by atoms with E-state index in [0.717, 1.165) is 6.54 Å². The lowest BCUT2D eigenvalue weighted by atomic mass is 10.1. The first-order chi connectivity index (χ1) is 9.56. The molecule has 1 saturated heterocycles. The van der Waals surface area contributed by atoms with Crippen LogP contribution in [0.4, 0.5) is 8.78 Å². The summed E-state index contributed by atoms with van der Waals surface area (Å²) in [5.74, 6) is 0.232. The third kappa shape index (κ3) is 4.28. The molecular weight excluding hydrogens is 290 g/mol. The Morgan fingerprint density at radius 1 is 1.45 bits per heavy atom. The maximum atomic E-state index is 12.3. The predicted octanol–water partition coefficient (Wildman–Crippen LogP) is 1.61. The largest absolute Gasteiger partial charge is 0.434 e. The molecule has 0 bridgehead atoms. The van der Waals surface area contributed by atoms with Crippen molar-refractivity contribution in [1.29, 1.82) is 0 Å². The number of aliphatic hydroxyl groups excluding tert-OH is 1. The van der Waals surface area contributed by atoms with Crippen LogP contribution in [0.5, 0.6) is 5.75 Å². The number of alkyl halides is 2. The van der Waals surface area contributed by atoms with E-state index >= 15 is 0 Å². The van der Waals surface area contributed by atoms with Gasteiger partial charge in [-0.2, -0.15) is 8.78 Å². The number of hydrogen-bond acceptors (Lipinski definition) is 4. The van der Waals surface area contributed by atoms with Gasteiger partial charge >= 0.3 is 6.61 Å². The van der Waals surface area contributed by atoms with Crippen LogP contribution < -0.4 is 15.4 Å². The standard InChI is InChI=1S/C13H17ClF2N2O2/c14-10-1-2-12(20-13(15)16)8(3-10)4-17-5-9-6-18-7-11(9)19/h1-3,9,11,13,17-19H,4-7H2. The van der Waals surface area contributed by atoms with Crippen LogP contribution in [0.15, 0.2) is 18.2 Å². The molecule has 20 heavy (non-hydrogen) atoms. The normalized spacial score (nSPS) is 22.4. The number of hydrogen-bond donors (Lipinski definition) is 3. The molecule has 0 spiro atoms. The molecule has 0 saturated carbocycles. The summed E-state index contributed by atoms with van der Waals surface area (Å²) in [5.41, 5.74) is 0.568. The Balaban J connectivity index is 1.92. The van der Waals surface area contributed by atoms with E-state index in [1.807, 2.05) is 0 Å². The lowest BCUT2D eigenvalue weighted by Gasteiger charge is -2.16. The van der Waals surface area contributed by atoms with E-state index in [1.165, 1.54) is 12.1 Å². The quantitative estimate of drug-likeness (QED) is 0.747. The highest BCUT2D eigenvalue weighted by molar-refractivity contribution is 6.30. The molecule has 7 heteroatoms. The predicted molar refractivity (Wildman–Crippen MR) is 72.2 cm³/mol. The van der Waals surface area contributed by atoms with Crippen LogP contribution >= 0.6 is 11.6 Å². The third-order valence-corrected chi connectivity index (χ3v) is 3.50. The van der Waals surface area contributed by atoms with Crippen molar-refractivity contribution in [3.05, 3.63) is 28.8 Å². The number of ether oxygens (including phenoxy) is 1. The molecule has 0 radical (unpaired) electrons. The van der Waals surface area contributed by atoms with E-state index in [9.17, 15) is 13.9 Å². The first-order valence-corrected chi connectivity index (χ1v) is 6.77. The summed E-state index contributed by atoms with van der Waals surface area (Å²) in [6, 6.07) is 4.53. The molecule has 112 valence electrons. The van der Waals surface area contributed by atoms with Crippen LogP contribution in [0.25, 0.3) is 0 Å². The zero-order valence-corrected chi connectivity index (χ0v) is 11.5. The van der Waals surface area contributed by atoms with Gasteiger partial charge in [0, 0.05) is 42.7 Å². The number of aliphatic hydroxyl groups is 1. The molecule has 1 fully saturated rings. The molecule has 3 N–H and O–H groups in total. The fourth-order valence-electron chi connectivity index (χ4n) is 2.22. The smallest absolute Gasteiger partial charge is 0.387 e. The summed E-state index contributed by atoms with van der Waals surface area (Å²) in [5, 5.41) is 16.3. The van der Waals surface area contributed by atoms with Crippen LogP contribution in [0.3, 0.4) is 0 Å². The molecular formula is C13H17ClF2N2O2. The SMILES string of the molecule is OC1CNCC1CNCc1cc(Cl)ccc1OC(F)F. The van der Waals surface area contributed by atoms with Crippen LogP contribution in [0.1, 0.15) is 5.56 Å². The van der Waals surface area contributed by atoms with Crippen LogP contribution in [-0.4, -0.2) is 37.5 Å². The van der Waals surface area contributed by atoms with Gasteiger partial charge in [0.25, 0.3) is 0 Å². The second-order valence-electron chi connectivity index (χ2n) is 4.75. The van der Waals surface area contributed by atoms with Gasteiger partial charge in [-0.1, -0.05) is 11.6 Å². The van der Waals surface area contributed by atoms with Crippen LogP contribution in [0, 0.1) is 5.92 Å². The van der Waals surface area contributed by atoms with Gasteiger partial charge in [-0.05, 0) is 18.2 Å². The lowest BCUT2D eigenvalue weighted by Crippen LogP contribution is -2.30.